The van der Waals surface area contributed by atoms with Crippen molar-refractivity contribution in [3.63, 3.8) is 0 Å². The Labute approximate surface area is 244 Å². The molecule has 9 heteroatoms. The number of aromatic hydroxyl groups is 1. The van der Waals surface area contributed by atoms with Crippen molar-refractivity contribution in [1.82, 2.24) is 9.97 Å². The molecule has 0 bridgehead atoms. The third-order valence-electron chi connectivity index (χ3n) is 6.28. The van der Waals surface area contributed by atoms with E-state index >= 15 is 0 Å². The molecule has 0 unspecified atom stereocenters. The fourth-order valence-corrected chi connectivity index (χ4v) is 5.25. The van der Waals surface area contributed by atoms with Gasteiger partial charge in [-0.3, -0.25) is 0 Å². The molecule has 0 atom stereocenters. The van der Waals surface area contributed by atoms with Crippen molar-refractivity contribution < 1.29 is 9.76 Å². The maximum atomic E-state index is 10.5. The van der Waals surface area contributed by atoms with Crippen LogP contribution in [0.25, 0.3) is 22.5 Å². The lowest BCUT2D eigenvalue weighted by Crippen LogP contribution is -2.25. The lowest BCUT2D eigenvalue weighted by atomic mass is 9.78. The summed E-state index contributed by atoms with van der Waals surface area (Å²) in [6.07, 6.45) is 3.67. The van der Waals surface area contributed by atoms with Crippen LogP contribution in [-0.2, 0) is 5.41 Å². The molecule has 4 rings (SSSR count). The van der Waals surface area contributed by atoms with Crippen molar-refractivity contribution in [1.29, 1.82) is 0 Å². The highest BCUT2D eigenvalue weighted by Crippen LogP contribution is 2.49. The van der Waals surface area contributed by atoms with Gasteiger partial charge in [-0.2, -0.15) is 0 Å². The first kappa shape index (κ1) is 28.6. The van der Waals surface area contributed by atoms with E-state index in [9.17, 15) is 5.11 Å². The highest BCUT2D eigenvalue weighted by atomic mass is 35.5. The Morgan fingerprint density at radius 2 is 1.39 bits per heavy atom. The van der Waals surface area contributed by atoms with Gasteiger partial charge in [-0.15, -0.1) is 0 Å². The lowest BCUT2D eigenvalue weighted by molar-refractivity contribution is 0.445. The number of rotatable bonds is 5. The van der Waals surface area contributed by atoms with Crippen molar-refractivity contribution in [3.8, 4) is 34.0 Å². The molecule has 0 saturated carbocycles. The Bertz CT molecular complexity index is 1480. The largest absolute Gasteiger partial charge is 0.554 e. The molecule has 0 spiro atoms. The Morgan fingerprint density at radius 3 is 1.97 bits per heavy atom. The summed E-state index contributed by atoms with van der Waals surface area (Å²) < 4.78 is 5.80. The fourth-order valence-electron chi connectivity index (χ4n) is 4.38. The Hall–Kier alpha value is -2.44. The van der Waals surface area contributed by atoms with E-state index in [1.807, 2.05) is 30.6 Å². The average molecular weight is 587 g/mol. The van der Waals surface area contributed by atoms with Gasteiger partial charge in [-0.25, -0.2) is 9.97 Å². The van der Waals surface area contributed by atoms with Crippen LogP contribution in [0, 0.1) is 20.8 Å². The maximum absolute atomic E-state index is 10.5. The quantitative estimate of drug-likeness (QED) is 0.144. The standard InChI is InChI=1S/C29H26BCl4N2O2/c1-14-9-15(2)21(16(3)10-14)17-12-35-28(36-13-17)19-11-18(29(4,5)6)7-8-20(19)30-38-27-25(34)23(32)22(31)24(33)26(27)37/h7-13,37H,1-6H3. The second-order valence-electron chi connectivity index (χ2n) is 10.3. The zero-order valence-corrected chi connectivity index (χ0v) is 24.9. The van der Waals surface area contributed by atoms with Crippen molar-refractivity contribution in [2.24, 2.45) is 0 Å². The van der Waals surface area contributed by atoms with Crippen LogP contribution in [0.15, 0.2) is 42.7 Å². The maximum Gasteiger partial charge on any atom is 0.409 e. The summed E-state index contributed by atoms with van der Waals surface area (Å²) in [6.45, 7) is 12.7. The number of nitrogens with zero attached hydrogens (tertiary/aromatic N) is 2. The van der Waals surface area contributed by atoms with Gasteiger partial charge >= 0.3 is 7.48 Å². The molecule has 195 valence electrons. The van der Waals surface area contributed by atoms with E-state index in [2.05, 4.69) is 53.7 Å². The molecule has 0 aliphatic carbocycles. The molecule has 0 aliphatic rings. The van der Waals surface area contributed by atoms with Gasteiger partial charge in [-0.05, 0) is 60.0 Å². The SMILES string of the molecule is Cc1cc(C)c(-c2cnc(-c3cc(C(C)(C)C)ccc3[B]Oc3c(O)c(Cl)c(Cl)c(Cl)c3Cl)nc2)c(C)c1. The molecule has 38 heavy (non-hydrogen) atoms. The van der Waals surface area contributed by atoms with Crippen LogP contribution in [0.5, 0.6) is 11.5 Å². The predicted octanol–water partition coefficient (Wildman–Crippen LogP) is 8.68. The minimum Gasteiger partial charge on any atom is -0.554 e. The van der Waals surface area contributed by atoms with Gasteiger partial charge in [0.2, 0.25) is 0 Å². The summed E-state index contributed by atoms with van der Waals surface area (Å²) in [4.78, 5) is 9.44. The molecule has 0 fully saturated rings. The summed E-state index contributed by atoms with van der Waals surface area (Å²) in [5.41, 5.74) is 8.05. The van der Waals surface area contributed by atoms with Crippen LogP contribution in [0.3, 0.4) is 0 Å². The van der Waals surface area contributed by atoms with Crippen molar-refractivity contribution in [2.45, 2.75) is 47.0 Å². The van der Waals surface area contributed by atoms with Crippen LogP contribution >= 0.6 is 46.4 Å². The van der Waals surface area contributed by atoms with Gasteiger partial charge in [0.05, 0.1) is 10.0 Å². The molecule has 4 nitrogen and oxygen atoms in total. The first-order valence-electron chi connectivity index (χ1n) is 11.9. The molecule has 3 aromatic carbocycles. The van der Waals surface area contributed by atoms with Gasteiger partial charge in [0.15, 0.2) is 17.3 Å². The molecule has 0 aliphatic heterocycles. The predicted molar refractivity (Wildman–Crippen MR) is 160 cm³/mol. The van der Waals surface area contributed by atoms with Gasteiger partial charge in [-0.1, -0.05) is 97.0 Å². The second-order valence-corrected chi connectivity index (χ2v) is 11.8. The van der Waals surface area contributed by atoms with Gasteiger partial charge < -0.3 is 9.76 Å². The molecular formula is C29H26BCl4N2O2. The number of hydrogen-bond acceptors (Lipinski definition) is 4. The van der Waals surface area contributed by atoms with Crippen molar-refractivity contribution >= 4 is 59.3 Å². The first-order valence-corrected chi connectivity index (χ1v) is 13.4. The van der Waals surface area contributed by atoms with E-state index < -0.39 is 5.75 Å². The second kappa shape index (κ2) is 11.0. The number of phenols is 1. The molecule has 1 radical (unpaired) electrons. The fraction of sp³-hybridized carbons (Fsp3) is 0.241. The van der Waals surface area contributed by atoms with Crippen LogP contribution in [0.1, 0.15) is 43.0 Å². The number of halogens is 4. The highest BCUT2D eigenvalue weighted by molar-refractivity contribution is 6.54. The molecular weight excluding hydrogens is 561 g/mol. The molecule has 1 heterocycles. The Kier molecular flexibility index (Phi) is 8.25. The van der Waals surface area contributed by atoms with E-state index in [4.69, 9.17) is 61.0 Å². The van der Waals surface area contributed by atoms with E-state index in [0.717, 1.165) is 22.3 Å². The summed E-state index contributed by atoms with van der Waals surface area (Å²) >= 11 is 24.6. The number of benzene rings is 3. The van der Waals surface area contributed by atoms with Crippen LogP contribution in [0.4, 0.5) is 0 Å². The number of hydrogen-bond donors (Lipinski definition) is 1. The third-order valence-corrected chi connectivity index (χ3v) is 8.06. The van der Waals surface area contributed by atoms with Gasteiger partial charge in [0.25, 0.3) is 0 Å². The lowest BCUT2D eigenvalue weighted by Gasteiger charge is -2.21. The zero-order valence-electron chi connectivity index (χ0n) is 21.9. The number of aryl methyl sites for hydroxylation is 3. The van der Waals surface area contributed by atoms with Crippen LogP contribution in [-0.4, -0.2) is 22.6 Å². The summed E-state index contributed by atoms with van der Waals surface area (Å²) in [7, 11) is 1.45. The summed E-state index contributed by atoms with van der Waals surface area (Å²) in [5.74, 6) is 0.0257. The molecule has 4 aromatic rings. The Morgan fingerprint density at radius 1 is 0.816 bits per heavy atom. The molecule has 0 amide bonds. The molecule has 1 aromatic heterocycles. The third kappa shape index (κ3) is 5.62. The number of phenolic OH excluding ortho intramolecular Hbond substituents is 1. The van der Waals surface area contributed by atoms with Crippen LogP contribution in [0.2, 0.25) is 20.1 Å². The van der Waals surface area contributed by atoms with Gasteiger partial charge in [0, 0.05) is 23.5 Å². The zero-order chi connectivity index (χ0) is 27.9. The minimum atomic E-state index is -0.403. The van der Waals surface area contributed by atoms with Crippen molar-refractivity contribution in [2.75, 3.05) is 0 Å². The van der Waals surface area contributed by atoms with E-state index in [-0.39, 0.29) is 31.3 Å². The summed E-state index contributed by atoms with van der Waals surface area (Å²) in [5, 5.41) is 10.2. The van der Waals surface area contributed by atoms with Gasteiger partial charge in [0.1, 0.15) is 10.0 Å². The van der Waals surface area contributed by atoms with E-state index in [0.29, 0.717) is 11.3 Å². The van der Waals surface area contributed by atoms with E-state index in [1.54, 1.807) is 0 Å². The molecule has 0 saturated heterocycles. The van der Waals surface area contributed by atoms with E-state index in [1.165, 1.54) is 24.2 Å². The normalized spacial score (nSPS) is 11.5. The Balaban J connectivity index is 1.75. The average Bonchev–Trinajstić information content (AvgIpc) is 2.85. The summed E-state index contributed by atoms with van der Waals surface area (Å²) in [6, 6.07) is 10.3. The van der Waals surface area contributed by atoms with Crippen molar-refractivity contribution in [3.05, 3.63) is 85.1 Å². The highest BCUT2D eigenvalue weighted by Gasteiger charge is 2.24. The van der Waals surface area contributed by atoms with Crippen LogP contribution < -0.4 is 10.1 Å². The number of aromatic nitrogens is 2. The monoisotopic (exact) mass is 585 g/mol. The smallest absolute Gasteiger partial charge is 0.409 e. The first-order chi connectivity index (χ1) is 17.8. The topological polar surface area (TPSA) is 55.2 Å². The minimum absolute atomic E-state index is 0.0107. The molecule has 1 N–H and O–H groups in total.